The van der Waals surface area contributed by atoms with Crippen molar-refractivity contribution in [2.45, 2.75) is 11.7 Å². The van der Waals surface area contributed by atoms with E-state index >= 15 is 0 Å². The Labute approximate surface area is 153 Å². The smallest absolute Gasteiger partial charge is 0.253 e. The summed E-state index contributed by atoms with van der Waals surface area (Å²) in [4.78, 5) is 15.1. The molecule has 0 aliphatic carbocycles. The van der Waals surface area contributed by atoms with Gasteiger partial charge in [0.15, 0.2) is 9.84 Å². The standard InChI is InChI=1S/C16H16INO3S2/c17-13-5-3-12(4-6-13)16(19)18-8-7-15(14-2-1-10-22-14)23(20,21)11-9-18/h1-6,10,15H,7-9,11H2. The second-order valence-electron chi connectivity index (χ2n) is 5.46. The third-order valence-electron chi connectivity index (χ3n) is 3.98. The molecule has 0 spiro atoms. The monoisotopic (exact) mass is 461 g/mol. The molecule has 3 rings (SSSR count). The summed E-state index contributed by atoms with van der Waals surface area (Å²) in [6.45, 7) is 0.724. The molecule has 23 heavy (non-hydrogen) atoms. The molecule has 7 heteroatoms. The van der Waals surface area contributed by atoms with E-state index in [4.69, 9.17) is 0 Å². The Kier molecular flexibility index (Phi) is 5.07. The summed E-state index contributed by atoms with van der Waals surface area (Å²) in [6.07, 6.45) is 0.457. The van der Waals surface area contributed by atoms with Crippen molar-refractivity contribution >= 4 is 49.7 Å². The van der Waals surface area contributed by atoms with Crippen molar-refractivity contribution in [3.8, 4) is 0 Å². The average molecular weight is 461 g/mol. The topological polar surface area (TPSA) is 54.5 Å². The summed E-state index contributed by atoms with van der Waals surface area (Å²) in [5.41, 5.74) is 0.609. The number of thiophene rings is 1. The van der Waals surface area contributed by atoms with E-state index in [1.807, 2.05) is 29.6 Å². The molecule has 122 valence electrons. The minimum atomic E-state index is -3.22. The van der Waals surface area contributed by atoms with Gasteiger partial charge in [-0.1, -0.05) is 6.07 Å². The second kappa shape index (κ2) is 6.90. The number of benzene rings is 1. The highest BCUT2D eigenvalue weighted by Crippen LogP contribution is 2.32. The lowest BCUT2D eigenvalue weighted by atomic mass is 10.2. The van der Waals surface area contributed by atoms with Gasteiger partial charge in [0.2, 0.25) is 0 Å². The number of hydrogen-bond acceptors (Lipinski definition) is 4. The summed E-state index contributed by atoms with van der Waals surface area (Å²) in [5.74, 6) is -0.0745. The van der Waals surface area contributed by atoms with E-state index in [1.165, 1.54) is 11.3 Å². The molecule has 1 aliphatic heterocycles. The zero-order valence-corrected chi connectivity index (χ0v) is 16.1. The van der Waals surface area contributed by atoms with Crippen molar-refractivity contribution < 1.29 is 13.2 Å². The van der Waals surface area contributed by atoms with Gasteiger partial charge in [-0.2, -0.15) is 0 Å². The number of hydrogen-bond donors (Lipinski definition) is 0. The molecule has 1 atom stereocenters. The first-order valence-corrected chi connectivity index (χ1v) is 10.9. The maximum atomic E-state index is 12.6. The van der Waals surface area contributed by atoms with Crippen LogP contribution in [0.5, 0.6) is 0 Å². The lowest BCUT2D eigenvalue weighted by molar-refractivity contribution is 0.0766. The Morgan fingerprint density at radius 3 is 2.57 bits per heavy atom. The van der Waals surface area contributed by atoms with Crippen LogP contribution in [-0.2, 0) is 9.84 Å². The molecule has 0 bridgehead atoms. The van der Waals surface area contributed by atoms with Gasteiger partial charge >= 0.3 is 0 Å². The highest BCUT2D eigenvalue weighted by Gasteiger charge is 2.33. The Morgan fingerprint density at radius 2 is 1.91 bits per heavy atom. The zero-order valence-electron chi connectivity index (χ0n) is 12.3. The number of nitrogens with zero attached hydrogens (tertiary/aromatic N) is 1. The summed E-state index contributed by atoms with van der Waals surface area (Å²) in [5, 5.41) is 1.40. The Morgan fingerprint density at radius 1 is 1.17 bits per heavy atom. The van der Waals surface area contributed by atoms with Crippen molar-refractivity contribution in [2.75, 3.05) is 18.8 Å². The molecule has 1 aliphatic rings. The van der Waals surface area contributed by atoms with Crippen LogP contribution in [0.25, 0.3) is 0 Å². The number of sulfone groups is 1. The third kappa shape index (κ3) is 3.77. The van der Waals surface area contributed by atoms with Crippen LogP contribution in [0.1, 0.15) is 26.9 Å². The summed E-state index contributed by atoms with van der Waals surface area (Å²) >= 11 is 3.66. The van der Waals surface area contributed by atoms with Gasteiger partial charge in [0.05, 0.1) is 11.0 Å². The van der Waals surface area contributed by atoms with Gasteiger partial charge < -0.3 is 4.90 Å². The fourth-order valence-corrected chi connectivity index (χ4v) is 6.08. The largest absolute Gasteiger partial charge is 0.338 e. The molecule has 2 heterocycles. The van der Waals surface area contributed by atoms with Gasteiger partial charge in [0.1, 0.15) is 0 Å². The van der Waals surface area contributed by atoms with E-state index < -0.39 is 15.1 Å². The minimum absolute atomic E-state index is 0.0195. The summed E-state index contributed by atoms with van der Waals surface area (Å²) in [7, 11) is -3.22. The molecule has 1 unspecified atom stereocenters. The van der Waals surface area contributed by atoms with E-state index in [9.17, 15) is 13.2 Å². The van der Waals surface area contributed by atoms with Crippen molar-refractivity contribution in [1.29, 1.82) is 0 Å². The normalized spacial score (nSPS) is 20.9. The quantitative estimate of drug-likeness (QED) is 0.645. The Bertz CT molecular complexity index is 785. The van der Waals surface area contributed by atoms with Gasteiger partial charge in [-0.3, -0.25) is 4.79 Å². The van der Waals surface area contributed by atoms with Crippen molar-refractivity contribution in [2.24, 2.45) is 0 Å². The number of carbonyl (C=O) groups excluding carboxylic acids is 1. The van der Waals surface area contributed by atoms with Crippen LogP contribution in [-0.4, -0.2) is 38.1 Å². The number of amides is 1. The molecule has 1 saturated heterocycles. The molecular formula is C16H16INO3S2. The first kappa shape index (κ1) is 16.9. The number of rotatable bonds is 2. The van der Waals surface area contributed by atoms with Gasteiger partial charge in [0, 0.05) is 27.1 Å². The van der Waals surface area contributed by atoms with Crippen molar-refractivity contribution in [3.63, 3.8) is 0 Å². The maximum absolute atomic E-state index is 12.6. The highest BCUT2D eigenvalue weighted by molar-refractivity contribution is 14.1. The Hall–Kier alpha value is -0.930. The van der Waals surface area contributed by atoms with Gasteiger partial charge in [-0.25, -0.2) is 8.42 Å². The molecule has 4 nitrogen and oxygen atoms in total. The SMILES string of the molecule is O=C(c1ccc(I)cc1)N1CCC(c2cccs2)S(=O)(=O)CC1. The number of carbonyl (C=O) groups is 1. The van der Waals surface area contributed by atoms with E-state index in [-0.39, 0.29) is 18.2 Å². The lowest BCUT2D eigenvalue weighted by Gasteiger charge is -2.20. The van der Waals surface area contributed by atoms with Crippen LogP contribution >= 0.6 is 33.9 Å². The van der Waals surface area contributed by atoms with Crippen LogP contribution in [0.3, 0.4) is 0 Å². The fourth-order valence-electron chi connectivity index (χ4n) is 2.72. The molecular weight excluding hydrogens is 445 g/mol. The maximum Gasteiger partial charge on any atom is 0.253 e. The highest BCUT2D eigenvalue weighted by atomic mass is 127. The van der Waals surface area contributed by atoms with E-state index in [2.05, 4.69) is 22.6 Å². The first-order valence-electron chi connectivity index (χ1n) is 7.27. The summed E-state index contributed by atoms with van der Waals surface area (Å²) < 4.78 is 26.1. The zero-order chi connectivity index (χ0) is 16.4. The average Bonchev–Trinajstić information content (AvgIpc) is 2.99. The fraction of sp³-hybridized carbons (Fsp3) is 0.312. The molecule has 0 saturated carbocycles. The molecule has 1 fully saturated rings. The summed E-state index contributed by atoms with van der Waals surface area (Å²) in [6, 6.07) is 11.1. The first-order chi connectivity index (χ1) is 11.0. The van der Waals surface area contributed by atoms with Crippen LogP contribution in [0.2, 0.25) is 0 Å². The van der Waals surface area contributed by atoms with E-state index in [0.717, 1.165) is 8.45 Å². The molecule has 1 aromatic heterocycles. The van der Waals surface area contributed by atoms with Crippen LogP contribution in [0.15, 0.2) is 41.8 Å². The molecule has 1 aromatic carbocycles. The molecule has 1 amide bonds. The molecule has 0 radical (unpaired) electrons. The van der Waals surface area contributed by atoms with Crippen LogP contribution < -0.4 is 0 Å². The number of halogens is 1. The predicted octanol–water partition coefficient (Wildman–Crippen LogP) is 3.35. The van der Waals surface area contributed by atoms with E-state index in [0.29, 0.717) is 18.5 Å². The third-order valence-corrected chi connectivity index (χ3v) is 7.94. The molecule has 2 aromatic rings. The van der Waals surface area contributed by atoms with Crippen LogP contribution in [0, 0.1) is 3.57 Å². The van der Waals surface area contributed by atoms with Crippen molar-refractivity contribution in [1.82, 2.24) is 4.90 Å². The second-order valence-corrected chi connectivity index (χ2v) is 9.99. The lowest BCUT2D eigenvalue weighted by Crippen LogP contribution is -2.33. The van der Waals surface area contributed by atoms with Crippen molar-refractivity contribution in [3.05, 3.63) is 55.8 Å². The van der Waals surface area contributed by atoms with Gasteiger partial charge in [0.25, 0.3) is 5.91 Å². The molecule has 0 N–H and O–H groups in total. The predicted molar refractivity (Wildman–Crippen MR) is 101 cm³/mol. The van der Waals surface area contributed by atoms with E-state index in [1.54, 1.807) is 17.0 Å². The van der Waals surface area contributed by atoms with Gasteiger partial charge in [-0.15, -0.1) is 11.3 Å². The van der Waals surface area contributed by atoms with Gasteiger partial charge in [-0.05, 0) is 64.7 Å². The van der Waals surface area contributed by atoms with Crippen LogP contribution in [0.4, 0.5) is 0 Å². The Balaban J connectivity index is 1.80. The minimum Gasteiger partial charge on any atom is -0.338 e.